The summed E-state index contributed by atoms with van der Waals surface area (Å²) in [6.45, 7) is 0.988. The van der Waals surface area contributed by atoms with Gasteiger partial charge in [0.05, 0.1) is 26.0 Å². The molecule has 3 aromatic rings. The van der Waals surface area contributed by atoms with Gasteiger partial charge < -0.3 is 18.9 Å². The minimum Gasteiger partial charge on any atom is -0.467 e. The van der Waals surface area contributed by atoms with E-state index < -0.39 is 0 Å². The third-order valence-electron chi connectivity index (χ3n) is 5.19. The van der Waals surface area contributed by atoms with Gasteiger partial charge >= 0.3 is 0 Å². The van der Waals surface area contributed by atoms with Gasteiger partial charge in [-0.15, -0.1) is 0 Å². The van der Waals surface area contributed by atoms with E-state index in [4.69, 9.17) is 13.6 Å². The molecular formula is C23H26N4O5. The molecule has 3 heterocycles. The van der Waals surface area contributed by atoms with Gasteiger partial charge in [0.2, 0.25) is 5.91 Å². The lowest BCUT2D eigenvalue weighted by Crippen LogP contribution is -2.41. The maximum atomic E-state index is 13.1. The monoisotopic (exact) mass is 438 g/mol. The van der Waals surface area contributed by atoms with Gasteiger partial charge in [-0.3, -0.25) is 14.5 Å². The average molecular weight is 438 g/mol. The van der Waals surface area contributed by atoms with Crippen molar-refractivity contribution < 1.29 is 23.2 Å². The molecule has 2 aromatic heterocycles. The van der Waals surface area contributed by atoms with E-state index in [-0.39, 0.29) is 30.9 Å². The van der Waals surface area contributed by atoms with E-state index >= 15 is 0 Å². The van der Waals surface area contributed by atoms with Gasteiger partial charge in [-0.25, -0.2) is 5.01 Å². The molecule has 0 bridgehead atoms. The molecule has 1 aliphatic heterocycles. The molecule has 1 aliphatic rings. The number of hydrazone groups is 1. The van der Waals surface area contributed by atoms with Gasteiger partial charge in [-0.1, -0.05) is 18.2 Å². The summed E-state index contributed by atoms with van der Waals surface area (Å²) in [6, 6.07) is 12.9. The highest BCUT2D eigenvalue weighted by Gasteiger charge is 2.36. The Bertz CT molecular complexity index is 1070. The number of hydrogen-bond donors (Lipinski definition) is 1. The van der Waals surface area contributed by atoms with Gasteiger partial charge in [0.25, 0.3) is 5.91 Å². The van der Waals surface area contributed by atoms with Crippen molar-refractivity contribution in [3.63, 3.8) is 0 Å². The highest BCUT2D eigenvalue weighted by atomic mass is 16.5. The molecule has 4 rings (SSSR count). The first-order valence-electron chi connectivity index (χ1n) is 10.4. The molecule has 9 nitrogen and oxygen atoms in total. The van der Waals surface area contributed by atoms with Gasteiger partial charge in [-0.05, 0) is 31.3 Å². The summed E-state index contributed by atoms with van der Waals surface area (Å²) < 4.78 is 16.5. The van der Waals surface area contributed by atoms with Crippen LogP contribution in [0.2, 0.25) is 0 Å². The SMILES string of the molecule is COCCNC(=O)CN(C)CC(=O)N1N=C(c2cc3ccccc3o2)C[C@@H]1c1ccco1. The predicted octanol–water partition coefficient (Wildman–Crippen LogP) is 2.40. The van der Waals surface area contributed by atoms with E-state index in [0.29, 0.717) is 36.8 Å². The van der Waals surface area contributed by atoms with Crippen molar-refractivity contribution in [2.24, 2.45) is 5.10 Å². The van der Waals surface area contributed by atoms with Crippen LogP contribution in [-0.2, 0) is 14.3 Å². The number of amides is 2. The standard InChI is InChI=1S/C23H26N4O5/c1-26(14-22(28)24-9-11-30-2)15-23(29)27-18(20-8-5-10-31-20)13-17(25-27)21-12-16-6-3-4-7-19(16)32-21/h3-8,10,12,18H,9,11,13-15H2,1-2H3,(H,24,28)/t18-/m1/s1. The molecular weight excluding hydrogens is 412 g/mol. The van der Waals surface area contributed by atoms with Crippen LogP contribution in [0.25, 0.3) is 11.0 Å². The van der Waals surface area contributed by atoms with E-state index in [1.54, 1.807) is 31.4 Å². The number of nitrogens with zero attached hydrogens (tertiary/aromatic N) is 3. The van der Waals surface area contributed by atoms with Crippen LogP contribution in [0.5, 0.6) is 0 Å². The predicted molar refractivity (Wildman–Crippen MR) is 118 cm³/mol. The summed E-state index contributed by atoms with van der Waals surface area (Å²) in [5.41, 5.74) is 1.44. The largest absolute Gasteiger partial charge is 0.467 e. The summed E-state index contributed by atoms with van der Waals surface area (Å²) in [5.74, 6) is 0.870. The van der Waals surface area contributed by atoms with Gasteiger partial charge in [0.15, 0.2) is 5.76 Å². The summed E-state index contributed by atoms with van der Waals surface area (Å²) in [5, 5.41) is 9.74. The maximum absolute atomic E-state index is 13.1. The second kappa shape index (κ2) is 9.80. The number of fused-ring (bicyclic) bond motifs is 1. The first-order valence-corrected chi connectivity index (χ1v) is 10.4. The molecule has 168 valence electrons. The first kappa shape index (κ1) is 21.8. The highest BCUT2D eigenvalue weighted by molar-refractivity contribution is 6.03. The van der Waals surface area contributed by atoms with Crippen LogP contribution < -0.4 is 5.32 Å². The van der Waals surface area contributed by atoms with Crippen molar-refractivity contribution in [3.8, 4) is 0 Å². The summed E-state index contributed by atoms with van der Waals surface area (Å²) in [7, 11) is 3.29. The number of furan rings is 2. The van der Waals surface area contributed by atoms with E-state index in [0.717, 1.165) is 11.0 Å². The van der Waals surface area contributed by atoms with Crippen molar-refractivity contribution >= 4 is 28.5 Å². The zero-order chi connectivity index (χ0) is 22.5. The maximum Gasteiger partial charge on any atom is 0.257 e. The van der Waals surface area contributed by atoms with E-state index in [9.17, 15) is 9.59 Å². The van der Waals surface area contributed by atoms with Gasteiger partial charge in [-0.2, -0.15) is 5.10 Å². The normalized spacial score (nSPS) is 16.0. The second-order valence-electron chi connectivity index (χ2n) is 7.68. The number of rotatable bonds is 9. The number of carbonyl (C=O) groups excluding carboxylic acids is 2. The lowest BCUT2D eigenvalue weighted by Gasteiger charge is -2.23. The Morgan fingerprint density at radius 3 is 2.84 bits per heavy atom. The van der Waals surface area contributed by atoms with Crippen molar-refractivity contribution in [1.29, 1.82) is 0 Å². The summed E-state index contributed by atoms with van der Waals surface area (Å²) >= 11 is 0. The zero-order valence-electron chi connectivity index (χ0n) is 18.1. The Hall–Kier alpha value is -3.43. The molecule has 0 radical (unpaired) electrons. The first-order chi connectivity index (χ1) is 15.5. The zero-order valence-corrected chi connectivity index (χ0v) is 18.1. The van der Waals surface area contributed by atoms with Crippen LogP contribution >= 0.6 is 0 Å². The third-order valence-corrected chi connectivity index (χ3v) is 5.19. The molecule has 9 heteroatoms. The fraction of sp³-hybridized carbons (Fsp3) is 0.348. The van der Waals surface area contributed by atoms with E-state index in [2.05, 4.69) is 10.4 Å². The number of methoxy groups -OCH3 is 1. The Morgan fingerprint density at radius 1 is 1.25 bits per heavy atom. The Labute approximate surface area is 185 Å². The van der Waals surface area contributed by atoms with Crippen LogP contribution in [0.1, 0.15) is 24.0 Å². The Balaban J connectivity index is 1.48. The molecule has 0 aliphatic carbocycles. The Kier molecular flexibility index (Phi) is 6.67. The van der Waals surface area contributed by atoms with Crippen LogP contribution in [0.15, 0.2) is 62.7 Å². The number of likely N-dealkylation sites (N-methyl/N-ethyl adjacent to an activating group) is 1. The molecule has 1 aromatic carbocycles. The fourth-order valence-electron chi connectivity index (χ4n) is 3.67. The smallest absolute Gasteiger partial charge is 0.257 e. The summed E-state index contributed by atoms with van der Waals surface area (Å²) in [4.78, 5) is 26.8. The molecule has 0 unspecified atom stereocenters. The van der Waals surface area contributed by atoms with Crippen molar-refractivity contribution in [1.82, 2.24) is 15.2 Å². The molecule has 32 heavy (non-hydrogen) atoms. The number of carbonyl (C=O) groups is 2. The van der Waals surface area contributed by atoms with E-state index in [1.165, 1.54) is 5.01 Å². The van der Waals surface area contributed by atoms with Crippen LogP contribution in [-0.4, -0.2) is 67.8 Å². The molecule has 1 N–H and O–H groups in total. The van der Waals surface area contributed by atoms with Crippen molar-refractivity contribution in [3.05, 3.63) is 60.2 Å². The van der Waals surface area contributed by atoms with Gasteiger partial charge in [0.1, 0.15) is 23.1 Å². The van der Waals surface area contributed by atoms with Crippen molar-refractivity contribution in [2.75, 3.05) is 40.4 Å². The third kappa shape index (κ3) is 4.90. The number of ether oxygens (including phenoxy) is 1. The van der Waals surface area contributed by atoms with Gasteiger partial charge in [0, 0.05) is 25.5 Å². The Morgan fingerprint density at radius 2 is 2.09 bits per heavy atom. The number of hydrogen-bond acceptors (Lipinski definition) is 7. The van der Waals surface area contributed by atoms with Crippen LogP contribution in [0, 0.1) is 0 Å². The van der Waals surface area contributed by atoms with Crippen molar-refractivity contribution in [2.45, 2.75) is 12.5 Å². The lowest BCUT2D eigenvalue weighted by molar-refractivity contribution is -0.134. The second-order valence-corrected chi connectivity index (χ2v) is 7.68. The summed E-state index contributed by atoms with van der Waals surface area (Å²) in [6.07, 6.45) is 2.05. The van der Waals surface area contributed by atoms with E-state index in [1.807, 2.05) is 36.4 Å². The average Bonchev–Trinajstić information content (AvgIpc) is 3.51. The highest BCUT2D eigenvalue weighted by Crippen LogP contribution is 2.34. The minimum absolute atomic E-state index is 0.0335. The number of para-hydroxylation sites is 1. The molecule has 0 spiro atoms. The molecule has 0 saturated carbocycles. The lowest BCUT2D eigenvalue weighted by atomic mass is 10.1. The molecule has 0 fully saturated rings. The minimum atomic E-state index is -0.371. The molecule has 0 saturated heterocycles. The quantitative estimate of drug-likeness (QED) is 0.515. The molecule has 1 atom stereocenters. The molecule has 2 amide bonds. The van der Waals surface area contributed by atoms with Crippen LogP contribution in [0.4, 0.5) is 0 Å². The topological polar surface area (TPSA) is 101 Å². The van der Waals surface area contributed by atoms with Crippen LogP contribution in [0.3, 0.4) is 0 Å². The number of benzene rings is 1. The number of nitrogens with one attached hydrogen (secondary N) is 1. The fourth-order valence-corrected chi connectivity index (χ4v) is 3.67.